The molecule has 110 valence electrons. The van der Waals surface area contributed by atoms with Gasteiger partial charge in [-0.2, -0.15) is 0 Å². The van der Waals surface area contributed by atoms with Gasteiger partial charge in [-0.3, -0.25) is 4.72 Å². The zero-order valence-corrected chi connectivity index (χ0v) is 13.2. The van der Waals surface area contributed by atoms with Gasteiger partial charge >= 0.3 is 0 Å². The number of benzene rings is 1. The highest BCUT2D eigenvalue weighted by Crippen LogP contribution is 2.29. The number of nitrogens with zero attached hydrogens (tertiary/aromatic N) is 1. The van der Waals surface area contributed by atoms with Crippen molar-refractivity contribution < 1.29 is 13.2 Å². The highest BCUT2D eigenvalue weighted by Gasteiger charge is 2.13. The van der Waals surface area contributed by atoms with Gasteiger partial charge in [0.05, 0.1) is 22.6 Å². The van der Waals surface area contributed by atoms with Crippen LogP contribution in [-0.2, 0) is 10.0 Å². The second-order valence-electron chi connectivity index (χ2n) is 4.36. The molecule has 0 fully saturated rings. The molecule has 0 aliphatic rings. The summed E-state index contributed by atoms with van der Waals surface area (Å²) in [5.41, 5.74) is 0.770. The van der Waals surface area contributed by atoms with Crippen LogP contribution >= 0.6 is 11.3 Å². The molecule has 0 aliphatic heterocycles. The van der Waals surface area contributed by atoms with Crippen LogP contribution in [0.4, 0.5) is 5.13 Å². The highest BCUT2D eigenvalue weighted by molar-refractivity contribution is 7.92. The van der Waals surface area contributed by atoms with E-state index in [1.54, 1.807) is 0 Å². The molecule has 0 bridgehead atoms. The highest BCUT2D eigenvalue weighted by atomic mass is 32.2. The van der Waals surface area contributed by atoms with E-state index < -0.39 is 10.0 Å². The van der Waals surface area contributed by atoms with Crippen molar-refractivity contribution in [1.29, 1.82) is 0 Å². The van der Waals surface area contributed by atoms with Gasteiger partial charge < -0.3 is 4.74 Å². The lowest BCUT2D eigenvalue weighted by atomic mass is 10.3. The van der Waals surface area contributed by atoms with E-state index in [0.717, 1.165) is 22.4 Å². The lowest BCUT2D eigenvalue weighted by molar-refractivity contribution is 0.341. The maximum atomic E-state index is 11.8. The molecule has 0 unspecified atom stereocenters. The second-order valence-corrected chi connectivity index (χ2v) is 7.23. The summed E-state index contributed by atoms with van der Waals surface area (Å²) in [6.45, 7) is 4.48. The van der Waals surface area contributed by atoms with Crippen molar-refractivity contribution in [1.82, 2.24) is 4.98 Å². The van der Waals surface area contributed by atoms with Crippen LogP contribution in [0.3, 0.4) is 0 Å². The van der Waals surface area contributed by atoms with Gasteiger partial charge in [-0.1, -0.05) is 24.7 Å². The SMILES string of the molecule is CCCCS(=O)(=O)Nc1nc2ccc(OCC)cc2s1. The van der Waals surface area contributed by atoms with Crippen molar-refractivity contribution in [2.24, 2.45) is 0 Å². The van der Waals surface area contributed by atoms with Gasteiger partial charge in [0.25, 0.3) is 0 Å². The van der Waals surface area contributed by atoms with Gasteiger partial charge in [0.2, 0.25) is 10.0 Å². The van der Waals surface area contributed by atoms with E-state index in [2.05, 4.69) is 9.71 Å². The number of fused-ring (bicyclic) bond motifs is 1. The fourth-order valence-corrected chi connectivity index (χ4v) is 4.10. The predicted molar refractivity (Wildman–Crippen MR) is 83.1 cm³/mol. The lowest BCUT2D eigenvalue weighted by Gasteiger charge is -2.02. The van der Waals surface area contributed by atoms with E-state index in [1.165, 1.54) is 11.3 Å². The van der Waals surface area contributed by atoms with Crippen LogP contribution in [-0.4, -0.2) is 25.8 Å². The van der Waals surface area contributed by atoms with Crippen molar-refractivity contribution in [2.75, 3.05) is 17.1 Å². The Morgan fingerprint density at radius 1 is 1.35 bits per heavy atom. The number of unbranched alkanes of at least 4 members (excludes halogenated alkanes) is 1. The Balaban J connectivity index is 2.19. The summed E-state index contributed by atoms with van der Waals surface area (Å²) < 4.78 is 32.5. The third kappa shape index (κ3) is 3.83. The van der Waals surface area contributed by atoms with Gasteiger partial charge in [0.1, 0.15) is 5.75 Å². The minimum atomic E-state index is -3.30. The Kier molecular flexibility index (Phi) is 4.82. The molecule has 1 heterocycles. The van der Waals surface area contributed by atoms with Crippen molar-refractivity contribution in [2.45, 2.75) is 26.7 Å². The molecule has 0 aliphatic carbocycles. The fourth-order valence-electron chi connectivity index (χ4n) is 1.72. The molecular formula is C13H18N2O3S2. The second kappa shape index (κ2) is 6.41. The first kappa shape index (κ1) is 15.1. The molecule has 0 spiro atoms. The lowest BCUT2D eigenvalue weighted by Crippen LogP contribution is -2.16. The smallest absolute Gasteiger partial charge is 0.234 e. The van der Waals surface area contributed by atoms with Crippen LogP contribution in [0.5, 0.6) is 5.75 Å². The molecule has 0 amide bonds. The summed E-state index contributed by atoms with van der Waals surface area (Å²) in [5, 5.41) is 0.407. The molecule has 0 atom stereocenters. The predicted octanol–water partition coefficient (Wildman–Crippen LogP) is 3.24. The molecule has 2 rings (SSSR count). The van der Waals surface area contributed by atoms with Gasteiger partial charge in [-0.05, 0) is 31.5 Å². The molecule has 1 aromatic heterocycles. The van der Waals surface area contributed by atoms with Gasteiger partial charge in [0, 0.05) is 0 Å². The van der Waals surface area contributed by atoms with Crippen LogP contribution in [0, 0.1) is 0 Å². The van der Waals surface area contributed by atoms with E-state index in [-0.39, 0.29) is 5.75 Å². The van der Waals surface area contributed by atoms with Crippen molar-refractivity contribution in [3.05, 3.63) is 18.2 Å². The summed E-state index contributed by atoms with van der Waals surface area (Å²) in [6, 6.07) is 5.54. The van der Waals surface area contributed by atoms with E-state index >= 15 is 0 Å². The average molecular weight is 314 g/mol. The van der Waals surface area contributed by atoms with E-state index in [0.29, 0.717) is 18.2 Å². The molecule has 7 heteroatoms. The van der Waals surface area contributed by atoms with E-state index in [4.69, 9.17) is 4.74 Å². The molecule has 1 aromatic carbocycles. The first-order valence-corrected chi connectivity index (χ1v) is 9.05. The minimum Gasteiger partial charge on any atom is -0.494 e. The van der Waals surface area contributed by atoms with Crippen LogP contribution in [0.25, 0.3) is 10.2 Å². The largest absolute Gasteiger partial charge is 0.494 e. The average Bonchev–Trinajstić information content (AvgIpc) is 2.77. The van der Waals surface area contributed by atoms with Crippen molar-refractivity contribution >= 4 is 36.7 Å². The number of nitrogens with one attached hydrogen (secondary N) is 1. The van der Waals surface area contributed by atoms with Gasteiger partial charge in [-0.15, -0.1) is 0 Å². The molecule has 0 saturated heterocycles. The van der Waals surface area contributed by atoms with Crippen LogP contribution in [0.15, 0.2) is 18.2 Å². The molecular weight excluding hydrogens is 296 g/mol. The normalized spacial score (nSPS) is 11.7. The monoisotopic (exact) mass is 314 g/mol. The number of thiazole rings is 1. The molecule has 0 radical (unpaired) electrons. The van der Waals surface area contributed by atoms with Crippen molar-refractivity contribution in [3.63, 3.8) is 0 Å². The third-order valence-electron chi connectivity index (χ3n) is 2.68. The number of ether oxygens (including phenoxy) is 1. The van der Waals surface area contributed by atoms with Crippen molar-refractivity contribution in [3.8, 4) is 5.75 Å². The summed E-state index contributed by atoms with van der Waals surface area (Å²) in [4.78, 5) is 4.28. The summed E-state index contributed by atoms with van der Waals surface area (Å²) >= 11 is 1.32. The Hall–Kier alpha value is -1.34. The van der Waals surface area contributed by atoms with Crippen LogP contribution in [0.2, 0.25) is 0 Å². The first-order chi connectivity index (χ1) is 9.54. The number of aromatic nitrogens is 1. The number of hydrogen-bond acceptors (Lipinski definition) is 5. The maximum absolute atomic E-state index is 11.8. The minimum absolute atomic E-state index is 0.129. The number of hydrogen-bond donors (Lipinski definition) is 1. The quantitative estimate of drug-likeness (QED) is 0.852. The zero-order valence-electron chi connectivity index (χ0n) is 11.5. The van der Waals surface area contributed by atoms with E-state index in [1.807, 2.05) is 32.0 Å². The summed E-state index contributed by atoms with van der Waals surface area (Å²) in [6.07, 6.45) is 1.49. The standard InChI is InChI=1S/C13H18N2O3S2/c1-3-5-8-20(16,17)15-13-14-11-7-6-10(18-4-2)9-12(11)19-13/h6-7,9H,3-5,8H2,1-2H3,(H,14,15). The molecule has 0 saturated carbocycles. The Labute approximate surface area is 123 Å². The molecule has 5 nitrogen and oxygen atoms in total. The third-order valence-corrected chi connectivity index (χ3v) is 5.07. The Bertz CT molecular complexity index is 680. The number of sulfonamides is 1. The first-order valence-electron chi connectivity index (χ1n) is 6.58. The fraction of sp³-hybridized carbons (Fsp3) is 0.462. The summed E-state index contributed by atoms with van der Waals surface area (Å²) in [5.74, 6) is 0.896. The Morgan fingerprint density at radius 2 is 2.15 bits per heavy atom. The zero-order chi connectivity index (χ0) is 14.6. The van der Waals surface area contributed by atoms with Gasteiger partial charge in [0.15, 0.2) is 5.13 Å². The van der Waals surface area contributed by atoms with Gasteiger partial charge in [-0.25, -0.2) is 13.4 Å². The molecule has 20 heavy (non-hydrogen) atoms. The number of anilines is 1. The maximum Gasteiger partial charge on any atom is 0.234 e. The summed E-state index contributed by atoms with van der Waals surface area (Å²) in [7, 11) is -3.30. The molecule has 1 N–H and O–H groups in total. The van der Waals surface area contributed by atoms with Crippen LogP contribution < -0.4 is 9.46 Å². The van der Waals surface area contributed by atoms with Crippen LogP contribution in [0.1, 0.15) is 26.7 Å². The Morgan fingerprint density at radius 3 is 2.85 bits per heavy atom. The topological polar surface area (TPSA) is 68.3 Å². The number of rotatable bonds is 7. The van der Waals surface area contributed by atoms with E-state index in [9.17, 15) is 8.42 Å². The molecule has 2 aromatic rings.